The molecule has 0 spiro atoms. The average molecular weight is 489 g/mol. The van der Waals surface area contributed by atoms with Crippen molar-refractivity contribution in [2.75, 3.05) is 11.5 Å². The fourth-order valence-electron chi connectivity index (χ4n) is 3.06. The van der Waals surface area contributed by atoms with E-state index in [1.807, 2.05) is 6.92 Å². The Morgan fingerprint density at radius 2 is 1.88 bits per heavy atom. The smallest absolute Gasteiger partial charge is 0.281 e. The fourth-order valence-corrected chi connectivity index (χ4v) is 3.69. The van der Waals surface area contributed by atoms with E-state index in [2.05, 4.69) is 5.32 Å². The lowest BCUT2D eigenvalue weighted by atomic mass is 10.2. The molecular weight excluding hydrogens is 471 g/mol. The van der Waals surface area contributed by atoms with Crippen molar-refractivity contribution in [3.05, 3.63) is 81.9 Å². The lowest BCUT2D eigenvalue weighted by Crippen LogP contribution is -2.30. The highest BCUT2D eigenvalue weighted by atomic mass is 35.5. The number of nitrogens with one attached hydrogen (secondary N) is 1. The van der Waals surface area contributed by atoms with Crippen LogP contribution in [0.25, 0.3) is 6.08 Å². The quantitative estimate of drug-likeness (QED) is 0.333. The summed E-state index contributed by atoms with van der Waals surface area (Å²) in [6.45, 7) is 2.63. The Labute approximate surface area is 200 Å². The molecule has 9 heteroatoms. The van der Waals surface area contributed by atoms with Crippen molar-refractivity contribution >= 4 is 58.2 Å². The highest BCUT2D eigenvalue weighted by Crippen LogP contribution is 2.29. The third kappa shape index (κ3) is 4.91. The van der Waals surface area contributed by atoms with E-state index in [4.69, 9.17) is 49.3 Å². The summed E-state index contributed by atoms with van der Waals surface area (Å²) in [7, 11) is 0. The number of ether oxygens (including phenoxy) is 2. The van der Waals surface area contributed by atoms with Gasteiger partial charge in [-0.15, -0.1) is 0 Å². The lowest BCUT2D eigenvalue weighted by Gasteiger charge is -2.14. The molecule has 1 saturated heterocycles. The van der Waals surface area contributed by atoms with Crippen LogP contribution < -0.4 is 19.7 Å². The first-order valence-corrected chi connectivity index (χ1v) is 10.9. The molecular formula is C23H18Cl2N2O4S. The number of anilines is 1. The molecule has 3 aromatic rings. The number of carbonyl (C=O) groups is 1. The molecule has 0 bridgehead atoms. The maximum atomic E-state index is 12.9. The molecule has 1 aliphatic heterocycles. The summed E-state index contributed by atoms with van der Waals surface area (Å²) in [5, 5.41) is 4.20. The molecule has 6 nitrogen and oxygen atoms in total. The van der Waals surface area contributed by atoms with Crippen LogP contribution in [-0.4, -0.2) is 17.6 Å². The third-order valence-electron chi connectivity index (χ3n) is 4.52. The van der Waals surface area contributed by atoms with Crippen molar-refractivity contribution in [3.8, 4) is 11.5 Å². The Hall–Kier alpha value is -3.00. The van der Waals surface area contributed by atoms with Crippen LogP contribution in [0, 0.1) is 0 Å². The van der Waals surface area contributed by atoms with Crippen LogP contribution in [0.3, 0.4) is 0 Å². The number of amides is 1. The standard InChI is InChI=1S/C23H18Cl2N2O4S/c1-2-29-16-6-4-15(5-7-16)27-22(28)20(26-23(27)32)12-17-8-9-18(31-17)13-30-21-11-14(24)3-10-19(21)25/h3-12H,2,13H2,1H3,(H,26,32)/b20-12+. The number of thiocarbonyl (C=S) groups is 1. The predicted molar refractivity (Wildman–Crippen MR) is 128 cm³/mol. The van der Waals surface area contributed by atoms with Crippen molar-refractivity contribution in [2.24, 2.45) is 0 Å². The van der Waals surface area contributed by atoms with Gasteiger partial charge in [0.1, 0.15) is 35.3 Å². The van der Waals surface area contributed by atoms with Gasteiger partial charge < -0.3 is 19.2 Å². The van der Waals surface area contributed by atoms with Crippen LogP contribution in [0.5, 0.6) is 11.5 Å². The molecule has 1 fully saturated rings. The van der Waals surface area contributed by atoms with Gasteiger partial charge in [0.25, 0.3) is 5.91 Å². The van der Waals surface area contributed by atoms with Crippen LogP contribution in [0.15, 0.2) is 64.7 Å². The van der Waals surface area contributed by atoms with Crippen LogP contribution in [0.1, 0.15) is 18.4 Å². The van der Waals surface area contributed by atoms with E-state index in [9.17, 15) is 4.79 Å². The molecule has 1 aromatic heterocycles. The fraction of sp³-hybridized carbons (Fsp3) is 0.130. The van der Waals surface area contributed by atoms with Gasteiger partial charge >= 0.3 is 0 Å². The Morgan fingerprint density at radius 1 is 1.09 bits per heavy atom. The van der Waals surface area contributed by atoms with E-state index in [0.717, 1.165) is 5.75 Å². The topological polar surface area (TPSA) is 63.9 Å². The van der Waals surface area contributed by atoms with Crippen molar-refractivity contribution < 1.29 is 18.7 Å². The van der Waals surface area contributed by atoms with Crippen LogP contribution in [0.2, 0.25) is 10.0 Å². The first-order chi connectivity index (χ1) is 15.4. The molecule has 0 aliphatic carbocycles. The lowest BCUT2D eigenvalue weighted by molar-refractivity contribution is -0.113. The summed E-state index contributed by atoms with van der Waals surface area (Å²) in [5.41, 5.74) is 0.954. The predicted octanol–water partition coefficient (Wildman–Crippen LogP) is 5.83. The van der Waals surface area contributed by atoms with Crippen LogP contribution >= 0.6 is 35.4 Å². The minimum atomic E-state index is -0.279. The Bertz CT molecular complexity index is 1190. The molecule has 0 saturated carbocycles. The van der Waals surface area contributed by atoms with Crippen molar-refractivity contribution in [2.45, 2.75) is 13.5 Å². The molecule has 0 atom stereocenters. The highest BCUT2D eigenvalue weighted by Gasteiger charge is 2.32. The molecule has 4 rings (SSSR count). The van der Waals surface area contributed by atoms with Gasteiger partial charge in [-0.1, -0.05) is 23.2 Å². The molecule has 0 radical (unpaired) electrons. The van der Waals surface area contributed by atoms with E-state index in [-0.39, 0.29) is 17.6 Å². The maximum absolute atomic E-state index is 12.9. The number of rotatable bonds is 7. The van der Waals surface area contributed by atoms with Gasteiger partial charge in [0, 0.05) is 17.2 Å². The van der Waals surface area contributed by atoms with Gasteiger partial charge in [0.2, 0.25) is 0 Å². The number of nitrogens with zero attached hydrogens (tertiary/aromatic N) is 1. The molecule has 1 amide bonds. The number of furan rings is 1. The summed E-state index contributed by atoms with van der Waals surface area (Å²) in [6, 6.07) is 15.6. The van der Waals surface area contributed by atoms with Gasteiger partial charge in [-0.25, -0.2) is 0 Å². The van der Waals surface area contributed by atoms with E-state index >= 15 is 0 Å². The van der Waals surface area contributed by atoms with Crippen molar-refractivity contribution in [3.63, 3.8) is 0 Å². The molecule has 164 valence electrons. The van der Waals surface area contributed by atoms with Crippen LogP contribution in [0.4, 0.5) is 5.69 Å². The van der Waals surface area contributed by atoms with Gasteiger partial charge in [-0.3, -0.25) is 9.69 Å². The first-order valence-electron chi connectivity index (χ1n) is 9.71. The van der Waals surface area contributed by atoms with Crippen molar-refractivity contribution in [1.82, 2.24) is 5.32 Å². The maximum Gasteiger partial charge on any atom is 0.281 e. The van der Waals surface area contributed by atoms with E-state index in [1.54, 1.807) is 60.7 Å². The largest absolute Gasteiger partial charge is 0.494 e. The zero-order valence-corrected chi connectivity index (χ0v) is 19.3. The van der Waals surface area contributed by atoms with Crippen LogP contribution in [-0.2, 0) is 11.4 Å². The molecule has 2 heterocycles. The van der Waals surface area contributed by atoms with Gasteiger partial charge in [-0.05, 0) is 67.7 Å². The molecule has 2 aromatic carbocycles. The third-order valence-corrected chi connectivity index (χ3v) is 5.35. The highest BCUT2D eigenvalue weighted by molar-refractivity contribution is 7.80. The van der Waals surface area contributed by atoms with Gasteiger partial charge in [-0.2, -0.15) is 0 Å². The molecule has 1 aliphatic rings. The minimum absolute atomic E-state index is 0.154. The zero-order valence-electron chi connectivity index (χ0n) is 16.9. The van der Waals surface area contributed by atoms with Gasteiger partial charge in [0.05, 0.1) is 17.3 Å². The summed E-state index contributed by atoms with van der Waals surface area (Å²) < 4.78 is 16.9. The molecule has 0 unspecified atom stereocenters. The Balaban J connectivity index is 1.45. The minimum Gasteiger partial charge on any atom is -0.494 e. The van der Waals surface area contributed by atoms with E-state index in [1.165, 1.54) is 4.90 Å². The summed E-state index contributed by atoms with van der Waals surface area (Å²) in [5.74, 6) is 1.94. The first kappa shape index (κ1) is 22.2. The van der Waals surface area contributed by atoms with Gasteiger partial charge in [0.15, 0.2) is 5.11 Å². The summed E-state index contributed by atoms with van der Waals surface area (Å²) in [4.78, 5) is 14.3. The number of benzene rings is 2. The van der Waals surface area contributed by atoms with E-state index < -0.39 is 0 Å². The second kappa shape index (κ2) is 9.65. The number of hydrogen-bond donors (Lipinski definition) is 1. The Morgan fingerprint density at radius 3 is 2.62 bits per heavy atom. The number of halogens is 2. The second-order valence-electron chi connectivity index (χ2n) is 6.72. The van der Waals surface area contributed by atoms with Crippen molar-refractivity contribution in [1.29, 1.82) is 0 Å². The summed E-state index contributed by atoms with van der Waals surface area (Å²) >= 11 is 17.4. The van der Waals surface area contributed by atoms with E-state index in [0.29, 0.717) is 45.3 Å². The Kier molecular flexibility index (Phi) is 6.69. The summed E-state index contributed by atoms with van der Waals surface area (Å²) in [6.07, 6.45) is 1.60. The average Bonchev–Trinajstić information content (AvgIpc) is 3.33. The number of carbonyl (C=O) groups excluding carboxylic acids is 1. The molecule has 32 heavy (non-hydrogen) atoms. The molecule has 1 N–H and O–H groups in total. The normalized spacial score (nSPS) is 14.7. The number of hydrogen-bond acceptors (Lipinski definition) is 5. The monoisotopic (exact) mass is 488 g/mol. The SMILES string of the molecule is CCOc1ccc(N2C(=O)/C(=C\c3ccc(COc4cc(Cl)ccc4Cl)o3)NC2=S)cc1. The second-order valence-corrected chi connectivity index (χ2v) is 7.95. The zero-order chi connectivity index (χ0) is 22.7.